The van der Waals surface area contributed by atoms with Gasteiger partial charge in [0.05, 0.1) is 6.33 Å². The molecule has 0 amide bonds. The number of nitrogens with zero attached hydrogens (tertiary/aromatic N) is 5. The van der Waals surface area contributed by atoms with Crippen LogP contribution in [0.1, 0.15) is 38.8 Å². The molecule has 0 aromatic carbocycles. The number of aliphatic hydroxyl groups is 1. The van der Waals surface area contributed by atoms with E-state index in [2.05, 4.69) is 21.9 Å². The van der Waals surface area contributed by atoms with Gasteiger partial charge >= 0.3 is 0 Å². The number of fused-ring (bicyclic) bond motifs is 1. The molecular formula is C15H23N5O. The molecule has 0 spiro atoms. The van der Waals surface area contributed by atoms with Gasteiger partial charge in [0.1, 0.15) is 12.6 Å². The van der Waals surface area contributed by atoms with E-state index in [0.29, 0.717) is 5.65 Å². The Morgan fingerprint density at radius 2 is 1.90 bits per heavy atom. The molecule has 0 bridgehead atoms. The van der Waals surface area contributed by atoms with Gasteiger partial charge in [0.25, 0.3) is 0 Å². The minimum Gasteiger partial charge on any atom is -0.373 e. The number of aliphatic hydroxyl groups excluding tert-OH is 1. The first-order chi connectivity index (χ1) is 10.1. The number of anilines is 1. The molecule has 1 fully saturated rings. The summed E-state index contributed by atoms with van der Waals surface area (Å²) in [5, 5.41) is 10.7. The lowest BCUT2D eigenvalue weighted by Crippen LogP contribution is -2.23. The summed E-state index contributed by atoms with van der Waals surface area (Å²) < 4.78 is 1.80. The van der Waals surface area contributed by atoms with Gasteiger partial charge in [-0.2, -0.15) is 0 Å². The van der Waals surface area contributed by atoms with Crippen molar-refractivity contribution >= 4 is 17.0 Å². The molecule has 1 aliphatic rings. The fourth-order valence-electron chi connectivity index (χ4n) is 3.17. The first-order valence-electron chi connectivity index (χ1n) is 7.61. The van der Waals surface area contributed by atoms with E-state index in [9.17, 15) is 5.11 Å². The summed E-state index contributed by atoms with van der Waals surface area (Å²) in [6.45, 7) is 2.28. The quantitative estimate of drug-likeness (QED) is 0.938. The highest BCUT2D eigenvalue weighted by Crippen LogP contribution is 2.35. The second-order valence-corrected chi connectivity index (χ2v) is 6.35. The normalized spacial score (nSPS) is 24.2. The van der Waals surface area contributed by atoms with E-state index in [1.54, 1.807) is 10.9 Å². The Hall–Kier alpha value is -1.69. The van der Waals surface area contributed by atoms with Crippen LogP contribution in [0.25, 0.3) is 11.2 Å². The Kier molecular flexibility index (Phi) is 3.80. The molecule has 2 aromatic rings. The Bertz CT molecular complexity index is 616. The summed E-state index contributed by atoms with van der Waals surface area (Å²) in [5.41, 5.74) is 1.45. The first-order valence-corrected chi connectivity index (χ1v) is 7.61. The third kappa shape index (κ3) is 2.60. The second kappa shape index (κ2) is 5.60. The largest absolute Gasteiger partial charge is 0.373 e. The number of hydrogen-bond acceptors (Lipinski definition) is 5. The van der Waals surface area contributed by atoms with Crippen LogP contribution in [0.15, 0.2) is 12.7 Å². The molecule has 1 aliphatic carbocycles. The van der Waals surface area contributed by atoms with Crippen molar-refractivity contribution in [3.8, 4) is 0 Å². The average Bonchev–Trinajstić information content (AvgIpc) is 2.90. The van der Waals surface area contributed by atoms with E-state index in [0.717, 1.165) is 30.1 Å². The third-order valence-corrected chi connectivity index (χ3v) is 4.53. The molecule has 1 N–H and O–H groups in total. The van der Waals surface area contributed by atoms with Gasteiger partial charge in [-0.25, -0.2) is 15.0 Å². The molecule has 21 heavy (non-hydrogen) atoms. The van der Waals surface area contributed by atoms with Gasteiger partial charge in [0, 0.05) is 20.0 Å². The second-order valence-electron chi connectivity index (χ2n) is 6.35. The minimum absolute atomic E-state index is 0.288. The summed E-state index contributed by atoms with van der Waals surface area (Å²) in [6, 6.07) is 0. The lowest BCUT2D eigenvalue weighted by molar-refractivity contribution is 0.0201. The molecule has 2 heterocycles. The molecule has 1 saturated carbocycles. The first kappa shape index (κ1) is 14.3. The molecular weight excluding hydrogens is 266 g/mol. The van der Waals surface area contributed by atoms with Crippen LogP contribution in [-0.2, 0) is 0 Å². The monoisotopic (exact) mass is 289 g/mol. The predicted octanol–water partition coefficient (Wildman–Crippen LogP) is 2.21. The lowest BCUT2D eigenvalue weighted by atomic mass is 9.82. The van der Waals surface area contributed by atoms with Gasteiger partial charge in [-0.05, 0) is 18.8 Å². The van der Waals surface area contributed by atoms with E-state index in [4.69, 9.17) is 0 Å². The zero-order valence-electron chi connectivity index (χ0n) is 12.9. The summed E-state index contributed by atoms with van der Waals surface area (Å²) in [6.07, 6.45) is 7.17. The van der Waals surface area contributed by atoms with Crippen LogP contribution in [0.2, 0.25) is 0 Å². The lowest BCUT2D eigenvalue weighted by Gasteiger charge is -2.30. The van der Waals surface area contributed by atoms with E-state index >= 15 is 0 Å². The van der Waals surface area contributed by atoms with Gasteiger partial charge in [0.2, 0.25) is 0 Å². The Morgan fingerprint density at radius 3 is 2.57 bits per heavy atom. The number of rotatable bonds is 3. The van der Waals surface area contributed by atoms with Crippen molar-refractivity contribution < 1.29 is 5.11 Å². The van der Waals surface area contributed by atoms with Crippen molar-refractivity contribution in [2.75, 3.05) is 19.0 Å². The Morgan fingerprint density at radius 1 is 1.19 bits per heavy atom. The van der Waals surface area contributed by atoms with Gasteiger partial charge in [-0.15, -0.1) is 0 Å². The number of hydrogen-bond donors (Lipinski definition) is 1. The fraction of sp³-hybridized carbons (Fsp3) is 0.667. The SMILES string of the molecule is CN(C)c1ncnc2c1ncn2C(O)[C@H]1CC[C@H](C)CC1. The minimum atomic E-state index is -0.549. The molecule has 6 nitrogen and oxygen atoms in total. The summed E-state index contributed by atoms with van der Waals surface area (Å²) >= 11 is 0. The van der Waals surface area contributed by atoms with Crippen LogP contribution in [0.3, 0.4) is 0 Å². The summed E-state index contributed by atoms with van der Waals surface area (Å²) in [4.78, 5) is 14.9. The highest BCUT2D eigenvalue weighted by atomic mass is 16.3. The van der Waals surface area contributed by atoms with Crippen LogP contribution >= 0.6 is 0 Å². The maximum atomic E-state index is 10.7. The highest BCUT2D eigenvalue weighted by Gasteiger charge is 2.27. The van der Waals surface area contributed by atoms with Crippen LogP contribution in [0, 0.1) is 11.8 Å². The average molecular weight is 289 g/mol. The molecule has 0 radical (unpaired) electrons. The van der Waals surface area contributed by atoms with Crippen LogP contribution in [-0.4, -0.2) is 38.7 Å². The molecule has 114 valence electrons. The van der Waals surface area contributed by atoms with Crippen LogP contribution < -0.4 is 4.90 Å². The maximum Gasteiger partial charge on any atom is 0.167 e. The van der Waals surface area contributed by atoms with E-state index < -0.39 is 6.23 Å². The summed E-state index contributed by atoms with van der Waals surface area (Å²) in [5.74, 6) is 1.84. The molecule has 6 heteroatoms. The topological polar surface area (TPSA) is 67.1 Å². The molecule has 1 unspecified atom stereocenters. The Balaban J connectivity index is 1.92. The van der Waals surface area contributed by atoms with E-state index in [1.165, 1.54) is 19.2 Å². The third-order valence-electron chi connectivity index (χ3n) is 4.53. The van der Waals surface area contributed by atoms with Crippen molar-refractivity contribution in [1.82, 2.24) is 19.5 Å². The van der Waals surface area contributed by atoms with Crippen molar-refractivity contribution in [3.05, 3.63) is 12.7 Å². The standard InChI is InChI=1S/C15H23N5O/c1-10-4-6-11(7-5-10)15(21)20-9-18-12-13(19(2)3)16-8-17-14(12)20/h8-11,15,21H,4-7H2,1-3H3/t10-,11-,15?. The Labute approximate surface area is 124 Å². The van der Waals surface area contributed by atoms with Gasteiger partial charge in [0.15, 0.2) is 17.0 Å². The van der Waals surface area contributed by atoms with Crippen molar-refractivity contribution in [1.29, 1.82) is 0 Å². The van der Waals surface area contributed by atoms with Crippen molar-refractivity contribution in [2.45, 2.75) is 38.8 Å². The van der Waals surface area contributed by atoms with Crippen LogP contribution in [0.4, 0.5) is 5.82 Å². The zero-order valence-corrected chi connectivity index (χ0v) is 12.9. The highest BCUT2D eigenvalue weighted by molar-refractivity contribution is 5.83. The summed E-state index contributed by atoms with van der Waals surface area (Å²) in [7, 11) is 3.86. The van der Waals surface area contributed by atoms with Crippen molar-refractivity contribution in [2.24, 2.45) is 11.8 Å². The van der Waals surface area contributed by atoms with E-state index in [1.807, 2.05) is 19.0 Å². The van der Waals surface area contributed by atoms with Gasteiger partial charge in [-0.1, -0.05) is 19.8 Å². The zero-order chi connectivity index (χ0) is 15.0. The molecule has 3 rings (SSSR count). The van der Waals surface area contributed by atoms with Gasteiger partial charge < -0.3 is 10.0 Å². The molecule has 0 saturated heterocycles. The molecule has 1 atom stereocenters. The number of aromatic nitrogens is 4. The maximum absolute atomic E-state index is 10.7. The van der Waals surface area contributed by atoms with E-state index in [-0.39, 0.29) is 5.92 Å². The fourth-order valence-corrected chi connectivity index (χ4v) is 3.17. The van der Waals surface area contributed by atoms with Gasteiger partial charge in [-0.3, -0.25) is 4.57 Å². The number of imidazole rings is 1. The predicted molar refractivity (Wildman–Crippen MR) is 82.0 cm³/mol. The smallest absolute Gasteiger partial charge is 0.167 e. The van der Waals surface area contributed by atoms with Crippen LogP contribution in [0.5, 0.6) is 0 Å². The van der Waals surface area contributed by atoms with Crippen molar-refractivity contribution in [3.63, 3.8) is 0 Å². The molecule has 0 aliphatic heterocycles. The molecule has 2 aromatic heterocycles.